The summed E-state index contributed by atoms with van der Waals surface area (Å²) in [4.78, 5) is -0.369. The van der Waals surface area contributed by atoms with Crippen LogP contribution in [-0.4, -0.2) is 31.9 Å². The Hall–Kier alpha value is -1.05. The normalized spacial score (nSPS) is 25.5. The lowest BCUT2D eigenvalue weighted by molar-refractivity contribution is 0.253. The fraction of sp³-hybridized carbons (Fsp3) is 0.500. The Balaban J connectivity index is 2.32. The third-order valence-corrected chi connectivity index (χ3v) is 5.30. The highest BCUT2D eigenvalue weighted by atomic mass is 32.2. The number of rotatable bonds is 2. The Bertz CT molecular complexity index is 557. The van der Waals surface area contributed by atoms with Crippen LogP contribution in [0.3, 0.4) is 0 Å². The van der Waals surface area contributed by atoms with Crippen molar-refractivity contribution in [2.75, 3.05) is 13.1 Å². The minimum atomic E-state index is -3.89. The molecule has 1 fully saturated rings. The minimum absolute atomic E-state index is 0.168. The second-order valence-electron chi connectivity index (χ2n) is 4.90. The first-order valence-corrected chi connectivity index (χ1v) is 7.46. The van der Waals surface area contributed by atoms with E-state index in [9.17, 15) is 17.2 Å². The predicted molar refractivity (Wildman–Crippen MR) is 66.9 cm³/mol. The van der Waals surface area contributed by atoms with E-state index in [1.807, 2.05) is 6.92 Å². The summed E-state index contributed by atoms with van der Waals surface area (Å²) in [5, 5.41) is 0. The monoisotopic (exact) mass is 290 g/mol. The molecule has 7 heteroatoms. The van der Waals surface area contributed by atoms with Crippen LogP contribution in [0.5, 0.6) is 0 Å². The van der Waals surface area contributed by atoms with Gasteiger partial charge in [0.15, 0.2) is 0 Å². The molecular weight excluding hydrogens is 274 g/mol. The summed E-state index contributed by atoms with van der Waals surface area (Å²) >= 11 is 0. The average molecular weight is 290 g/mol. The van der Waals surface area contributed by atoms with Gasteiger partial charge in [0.05, 0.1) is 4.90 Å². The van der Waals surface area contributed by atoms with Gasteiger partial charge in [0.25, 0.3) is 0 Å². The second-order valence-corrected chi connectivity index (χ2v) is 6.84. The van der Waals surface area contributed by atoms with E-state index >= 15 is 0 Å². The molecule has 0 amide bonds. The van der Waals surface area contributed by atoms with Crippen molar-refractivity contribution in [1.29, 1.82) is 0 Å². The van der Waals surface area contributed by atoms with Crippen LogP contribution >= 0.6 is 0 Å². The molecular formula is C12H16F2N2O2S. The van der Waals surface area contributed by atoms with Crippen molar-refractivity contribution >= 4 is 10.0 Å². The smallest absolute Gasteiger partial charge is 0.243 e. The standard InChI is InChI=1S/C12H16F2N2O2S/c1-8-2-3-16(7-12(8)15)19(17,18)11-5-9(13)4-10(14)6-11/h4-6,8,12H,2-3,7,15H2,1H3. The van der Waals surface area contributed by atoms with Gasteiger partial charge >= 0.3 is 0 Å². The highest BCUT2D eigenvalue weighted by Gasteiger charge is 2.32. The quantitative estimate of drug-likeness (QED) is 0.893. The highest BCUT2D eigenvalue weighted by Crippen LogP contribution is 2.24. The van der Waals surface area contributed by atoms with Crippen LogP contribution < -0.4 is 5.73 Å². The van der Waals surface area contributed by atoms with Gasteiger partial charge in [-0.2, -0.15) is 4.31 Å². The summed E-state index contributed by atoms with van der Waals surface area (Å²) in [6.07, 6.45) is 0.637. The minimum Gasteiger partial charge on any atom is -0.326 e. The number of benzene rings is 1. The molecule has 1 heterocycles. The molecule has 0 aliphatic carbocycles. The Morgan fingerprint density at radius 2 is 1.84 bits per heavy atom. The molecule has 1 aromatic rings. The first-order valence-electron chi connectivity index (χ1n) is 6.02. The molecule has 2 unspecified atom stereocenters. The lowest BCUT2D eigenvalue weighted by Crippen LogP contribution is -2.49. The average Bonchev–Trinajstić information content (AvgIpc) is 2.31. The summed E-state index contributed by atoms with van der Waals surface area (Å²) in [6.45, 7) is 2.44. The van der Waals surface area contributed by atoms with Crippen molar-refractivity contribution in [3.63, 3.8) is 0 Å². The first kappa shape index (κ1) is 14.4. The molecule has 2 N–H and O–H groups in total. The van der Waals surface area contributed by atoms with Crippen molar-refractivity contribution in [3.8, 4) is 0 Å². The van der Waals surface area contributed by atoms with Crippen LogP contribution in [0.25, 0.3) is 0 Å². The molecule has 0 saturated carbocycles. The first-order chi connectivity index (χ1) is 8.80. The molecule has 2 atom stereocenters. The van der Waals surface area contributed by atoms with E-state index < -0.39 is 21.7 Å². The molecule has 1 saturated heterocycles. The lowest BCUT2D eigenvalue weighted by Gasteiger charge is -2.34. The fourth-order valence-electron chi connectivity index (χ4n) is 2.11. The molecule has 0 radical (unpaired) electrons. The van der Waals surface area contributed by atoms with E-state index in [0.717, 1.165) is 12.1 Å². The Morgan fingerprint density at radius 1 is 1.26 bits per heavy atom. The maximum atomic E-state index is 13.1. The summed E-state index contributed by atoms with van der Waals surface area (Å²) in [5.74, 6) is -1.59. The van der Waals surface area contributed by atoms with Crippen LogP contribution in [0.2, 0.25) is 0 Å². The number of piperidine rings is 1. The molecule has 4 nitrogen and oxygen atoms in total. The Kier molecular flexibility index (Phi) is 3.89. The molecule has 1 aliphatic heterocycles. The zero-order chi connectivity index (χ0) is 14.2. The molecule has 19 heavy (non-hydrogen) atoms. The molecule has 1 aromatic carbocycles. The zero-order valence-corrected chi connectivity index (χ0v) is 11.3. The summed E-state index contributed by atoms with van der Waals surface area (Å²) in [5.41, 5.74) is 5.85. The van der Waals surface area contributed by atoms with Gasteiger partial charge in [-0.15, -0.1) is 0 Å². The second kappa shape index (κ2) is 5.15. The van der Waals surface area contributed by atoms with Crippen LogP contribution in [0.15, 0.2) is 23.1 Å². The topological polar surface area (TPSA) is 63.4 Å². The summed E-state index contributed by atoms with van der Waals surface area (Å²) in [6, 6.07) is 2.02. The van der Waals surface area contributed by atoms with Crippen molar-refractivity contribution in [2.45, 2.75) is 24.3 Å². The molecule has 0 bridgehead atoms. The van der Waals surface area contributed by atoms with E-state index in [1.165, 1.54) is 4.31 Å². The SMILES string of the molecule is CC1CCN(S(=O)(=O)c2cc(F)cc(F)c2)CC1N. The Morgan fingerprint density at radius 3 is 2.37 bits per heavy atom. The van der Waals surface area contributed by atoms with Gasteiger partial charge in [-0.1, -0.05) is 6.92 Å². The van der Waals surface area contributed by atoms with Gasteiger partial charge < -0.3 is 5.73 Å². The molecule has 0 spiro atoms. The van der Waals surface area contributed by atoms with Crippen molar-refractivity contribution < 1.29 is 17.2 Å². The molecule has 106 valence electrons. The zero-order valence-electron chi connectivity index (χ0n) is 10.5. The maximum absolute atomic E-state index is 13.1. The van der Waals surface area contributed by atoms with E-state index in [4.69, 9.17) is 5.73 Å². The van der Waals surface area contributed by atoms with E-state index in [-0.39, 0.29) is 23.4 Å². The van der Waals surface area contributed by atoms with Crippen molar-refractivity contribution in [2.24, 2.45) is 11.7 Å². The largest absolute Gasteiger partial charge is 0.326 e. The third-order valence-electron chi connectivity index (χ3n) is 3.45. The number of hydrogen-bond donors (Lipinski definition) is 1. The van der Waals surface area contributed by atoms with E-state index in [2.05, 4.69) is 0 Å². The third kappa shape index (κ3) is 2.93. The summed E-state index contributed by atoms with van der Waals surface area (Å²) < 4.78 is 52.0. The predicted octanol–water partition coefficient (Wildman–Crippen LogP) is 1.32. The number of halogens is 2. The molecule has 0 aromatic heterocycles. The van der Waals surface area contributed by atoms with E-state index in [0.29, 0.717) is 19.0 Å². The van der Waals surface area contributed by atoms with Gasteiger partial charge in [0, 0.05) is 25.2 Å². The van der Waals surface area contributed by atoms with Gasteiger partial charge in [-0.3, -0.25) is 0 Å². The van der Waals surface area contributed by atoms with Gasteiger partial charge in [-0.25, -0.2) is 17.2 Å². The molecule has 1 aliphatic rings. The van der Waals surface area contributed by atoms with E-state index in [1.54, 1.807) is 0 Å². The van der Waals surface area contributed by atoms with Crippen LogP contribution in [0.1, 0.15) is 13.3 Å². The van der Waals surface area contributed by atoms with Gasteiger partial charge in [0.2, 0.25) is 10.0 Å². The molecule has 2 rings (SSSR count). The maximum Gasteiger partial charge on any atom is 0.243 e. The van der Waals surface area contributed by atoms with Crippen LogP contribution in [-0.2, 0) is 10.0 Å². The number of hydrogen-bond acceptors (Lipinski definition) is 3. The number of nitrogens with two attached hydrogens (primary N) is 1. The van der Waals surface area contributed by atoms with Crippen molar-refractivity contribution in [3.05, 3.63) is 29.8 Å². The van der Waals surface area contributed by atoms with Crippen LogP contribution in [0.4, 0.5) is 8.78 Å². The fourth-order valence-corrected chi connectivity index (χ4v) is 3.65. The number of sulfonamides is 1. The van der Waals surface area contributed by atoms with Crippen molar-refractivity contribution in [1.82, 2.24) is 4.31 Å². The lowest BCUT2D eigenvalue weighted by atomic mass is 9.96. The van der Waals surface area contributed by atoms with Gasteiger partial charge in [-0.05, 0) is 24.5 Å². The highest BCUT2D eigenvalue weighted by molar-refractivity contribution is 7.89. The van der Waals surface area contributed by atoms with Gasteiger partial charge in [0.1, 0.15) is 11.6 Å². The van der Waals surface area contributed by atoms with Crippen LogP contribution in [0, 0.1) is 17.6 Å². The summed E-state index contributed by atoms with van der Waals surface area (Å²) in [7, 11) is -3.89. The Labute approximate surface area is 111 Å². The number of nitrogens with zero attached hydrogens (tertiary/aromatic N) is 1.